The number of carbonyl (C=O) groups excluding carboxylic acids is 1. The van der Waals surface area contributed by atoms with Crippen molar-refractivity contribution in [3.63, 3.8) is 0 Å². The Balaban J connectivity index is 2.70. The molecule has 1 rings (SSSR count). The first-order chi connectivity index (χ1) is 6.97. The lowest BCUT2D eigenvalue weighted by atomic mass is 10.0. The normalized spacial score (nSPS) is 41.3. The summed E-state index contributed by atoms with van der Waals surface area (Å²) < 4.78 is 0. The zero-order valence-corrected chi connectivity index (χ0v) is 9.02. The molecule has 0 saturated carbocycles. The molecule has 1 amide bonds. The van der Waals surface area contributed by atoms with Gasteiger partial charge in [-0.3, -0.25) is 4.79 Å². The largest absolute Gasteiger partial charge is 0.395 e. The highest BCUT2D eigenvalue weighted by atomic mass is 32.2. The smallest absolute Gasteiger partial charge is 0.217 e. The molecule has 1 aliphatic rings. The molecule has 5 atom stereocenters. The summed E-state index contributed by atoms with van der Waals surface area (Å²) in [6.45, 7) is 0.918. The van der Waals surface area contributed by atoms with E-state index in [1.54, 1.807) is 0 Å². The molecule has 0 spiro atoms. The van der Waals surface area contributed by atoms with Crippen molar-refractivity contribution >= 4 is 17.7 Å². The van der Waals surface area contributed by atoms with Crippen molar-refractivity contribution in [2.75, 3.05) is 6.61 Å². The monoisotopic (exact) mass is 237 g/mol. The van der Waals surface area contributed by atoms with E-state index in [9.17, 15) is 20.1 Å². The minimum atomic E-state index is -1.28. The van der Waals surface area contributed by atoms with E-state index in [4.69, 9.17) is 5.11 Å². The Labute approximate surface area is 91.3 Å². The second kappa shape index (κ2) is 5.13. The summed E-state index contributed by atoms with van der Waals surface area (Å²) >= 11 is 0.929. The van der Waals surface area contributed by atoms with Gasteiger partial charge in [0.25, 0.3) is 0 Å². The molecule has 0 radical (unpaired) electrons. The van der Waals surface area contributed by atoms with E-state index >= 15 is 0 Å². The highest BCUT2D eigenvalue weighted by Gasteiger charge is 2.43. The van der Waals surface area contributed by atoms with Gasteiger partial charge in [0.05, 0.1) is 24.0 Å². The maximum atomic E-state index is 10.8. The van der Waals surface area contributed by atoms with Crippen LogP contribution in [-0.2, 0) is 4.79 Å². The van der Waals surface area contributed by atoms with E-state index in [2.05, 4.69) is 5.32 Å². The average Bonchev–Trinajstić information content (AvgIpc) is 2.18. The summed E-state index contributed by atoms with van der Waals surface area (Å²) in [4.78, 5) is 10.8. The van der Waals surface area contributed by atoms with Crippen LogP contribution in [0.15, 0.2) is 0 Å². The van der Waals surface area contributed by atoms with Crippen molar-refractivity contribution in [2.45, 2.75) is 35.9 Å². The van der Waals surface area contributed by atoms with Crippen LogP contribution in [0.25, 0.3) is 0 Å². The predicted molar refractivity (Wildman–Crippen MR) is 54.1 cm³/mol. The molecule has 88 valence electrons. The number of nitrogens with one attached hydrogen (secondary N) is 1. The lowest BCUT2D eigenvalue weighted by molar-refractivity contribution is -0.122. The Morgan fingerprint density at radius 2 is 1.93 bits per heavy atom. The first-order valence-electron chi connectivity index (χ1n) is 4.55. The van der Waals surface area contributed by atoms with Gasteiger partial charge in [-0.05, 0) is 0 Å². The molecule has 0 aliphatic carbocycles. The van der Waals surface area contributed by atoms with E-state index in [0.717, 1.165) is 11.8 Å². The van der Waals surface area contributed by atoms with Crippen LogP contribution in [0.1, 0.15) is 6.92 Å². The van der Waals surface area contributed by atoms with Gasteiger partial charge in [0.1, 0.15) is 11.5 Å². The summed E-state index contributed by atoms with van der Waals surface area (Å²) in [5, 5.41) is 39.3. The first-order valence-corrected chi connectivity index (χ1v) is 5.49. The lowest BCUT2D eigenvalue weighted by Gasteiger charge is -2.39. The van der Waals surface area contributed by atoms with E-state index in [1.807, 2.05) is 0 Å². The topological polar surface area (TPSA) is 110 Å². The number of hydrogen-bond acceptors (Lipinski definition) is 6. The van der Waals surface area contributed by atoms with Crippen LogP contribution in [-0.4, -0.2) is 61.9 Å². The zero-order valence-electron chi connectivity index (χ0n) is 8.20. The van der Waals surface area contributed by atoms with Gasteiger partial charge in [-0.15, -0.1) is 11.8 Å². The molecule has 1 saturated heterocycles. The Bertz CT molecular complexity index is 239. The van der Waals surface area contributed by atoms with Gasteiger partial charge in [-0.25, -0.2) is 0 Å². The van der Waals surface area contributed by atoms with Crippen LogP contribution in [0, 0.1) is 0 Å². The quantitative estimate of drug-likeness (QED) is 0.367. The van der Waals surface area contributed by atoms with Crippen molar-refractivity contribution < 1.29 is 25.2 Å². The highest BCUT2D eigenvalue weighted by Crippen LogP contribution is 2.30. The zero-order chi connectivity index (χ0) is 11.6. The fraction of sp³-hybridized carbons (Fsp3) is 0.875. The van der Waals surface area contributed by atoms with E-state index in [1.165, 1.54) is 6.92 Å². The molecule has 0 bridgehead atoms. The van der Waals surface area contributed by atoms with Crippen LogP contribution in [0.4, 0.5) is 0 Å². The number of thioether (sulfide) groups is 1. The number of aliphatic hydroxyl groups is 4. The van der Waals surface area contributed by atoms with Crippen molar-refractivity contribution in [1.82, 2.24) is 5.32 Å². The highest BCUT2D eigenvalue weighted by molar-refractivity contribution is 8.00. The maximum absolute atomic E-state index is 10.8. The van der Waals surface area contributed by atoms with Crippen molar-refractivity contribution in [1.29, 1.82) is 0 Å². The number of hydrogen-bond donors (Lipinski definition) is 5. The van der Waals surface area contributed by atoms with Gasteiger partial charge in [0, 0.05) is 6.92 Å². The molecule has 1 aliphatic heterocycles. The SMILES string of the molecule is CC(=O)N[C@H]1[C@@H](O)[C@H](O)[C@H](CO)S[C@@H]1O. The Hall–Kier alpha value is -0.340. The van der Waals surface area contributed by atoms with Gasteiger partial charge in [-0.1, -0.05) is 0 Å². The first kappa shape index (κ1) is 12.7. The molecule has 1 fully saturated rings. The summed E-state index contributed by atoms with van der Waals surface area (Å²) in [6.07, 6.45) is -2.44. The van der Waals surface area contributed by atoms with Gasteiger partial charge >= 0.3 is 0 Å². The van der Waals surface area contributed by atoms with Crippen molar-refractivity contribution in [2.24, 2.45) is 0 Å². The number of amides is 1. The third-order valence-electron chi connectivity index (χ3n) is 2.27. The van der Waals surface area contributed by atoms with E-state index < -0.39 is 34.8 Å². The molecule has 0 aromatic rings. The van der Waals surface area contributed by atoms with Gasteiger partial charge < -0.3 is 25.7 Å². The average molecular weight is 237 g/mol. The third kappa shape index (κ3) is 2.82. The molecule has 7 heteroatoms. The van der Waals surface area contributed by atoms with Crippen LogP contribution < -0.4 is 5.32 Å². The van der Waals surface area contributed by atoms with Crippen LogP contribution in [0.5, 0.6) is 0 Å². The minimum absolute atomic E-state index is 0.341. The summed E-state index contributed by atoms with van der Waals surface area (Å²) in [6, 6.07) is -0.912. The maximum Gasteiger partial charge on any atom is 0.217 e. The van der Waals surface area contributed by atoms with Gasteiger partial charge in [0.15, 0.2) is 0 Å². The van der Waals surface area contributed by atoms with Crippen LogP contribution in [0.3, 0.4) is 0 Å². The Morgan fingerprint density at radius 1 is 1.33 bits per heavy atom. The molecule has 0 aromatic carbocycles. The van der Waals surface area contributed by atoms with Gasteiger partial charge in [0.2, 0.25) is 5.91 Å². The number of carbonyl (C=O) groups is 1. The number of aliphatic hydroxyl groups excluding tert-OH is 4. The lowest BCUT2D eigenvalue weighted by Crippen LogP contribution is -2.60. The molecular weight excluding hydrogens is 222 g/mol. The fourth-order valence-corrected chi connectivity index (χ4v) is 2.65. The van der Waals surface area contributed by atoms with Gasteiger partial charge in [-0.2, -0.15) is 0 Å². The molecule has 0 aromatic heterocycles. The van der Waals surface area contributed by atoms with Crippen molar-refractivity contribution in [3.05, 3.63) is 0 Å². The second-order valence-corrected chi connectivity index (χ2v) is 4.82. The van der Waals surface area contributed by atoms with Crippen LogP contribution in [0.2, 0.25) is 0 Å². The predicted octanol–water partition coefficient (Wildman–Crippen LogP) is -2.36. The molecule has 6 nitrogen and oxygen atoms in total. The molecular formula is C8H15NO5S. The summed E-state index contributed by atoms with van der Waals surface area (Å²) in [7, 11) is 0. The Morgan fingerprint density at radius 3 is 2.40 bits per heavy atom. The van der Waals surface area contributed by atoms with Crippen LogP contribution >= 0.6 is 11.8 Å². The number of rotatable bonds is 2. The molecule has 1 heterocycles. The van der Waals surface area contributed by atoms with E-state index in [-0.39, 0.29) is 6.61 Å². The second-order valence-electron chi connectivity index (χ2n) is 3.46. The summed E-state index contributed by atoms with van der Waals surface area (Å²) in [5.74, 6) is -0.395. The molecule has 0 unspecified atom stereocenters. The Kier molecular flexibility index (Phi) is 4.35. The fourth-order valence-electron chi connectivity index (χ4n) is 1.49. The molecule has 15 heavy (non-hydrogen) atoms. The van der Waals surface area contributed by atoms with Crippen molar-refractivity contribution in [3.8, 4) is 0 Å². The summed E-state index contributed by atoms with van der Waals surface area (Å²) in [5.41, 5.74) is -1.04. The van der Waals surface area contributed by atoms with E-state index in [0.29, 0.717) is 0 Å². The third-order valence-corrected chi connectivity index (χ3v) is 3.62. The standard InChI is InChI=1S/C8H15NO5S/c1-3(11)9-5-7(13)6(12)4(2-10)15-8(5)14/h4-8,10,12-14H,2H2,1H3,(H,9,11)/t4-,5-,6+,7+,8-/m0/s1. The molecule has 5 N–H and O–H groups in total. The minimum Gasteiger partial charge on any atom is -0.395 e.